The molecule has 6 heteroatoms. The van der Waals surface area contributed by atoms with Gasteiger partial charge in [-0.15, -0.1) is 11.6 Å². The molecule has 0 aliphatic rings. The van der Waals surface area contributed by atoms with Crippen LogP contribution in [-0.4, -0.2) is 27.0 Å². The molecule has 0 bridgehead atoms. The highest BCUT2D eigenvalue weighted by molar-refractivity contribution is 7.90. The molecule has 3 nitrogen and oxygen atoms in total. The summed E-state index contributed by atoms with van der Waals surface area (Å²) >= 11 is 11.5. The molecule has 0 fully saturated rings. The lowest BCUT2D eigenvalue weighted by molar-refractivity contribution is 0.338. The van der Waals surface area contributed by atoms with E-state index in [-0.39, 0.29) is 18.2 Å². The molecule has 0 N–H and O–H groups in total. The summed E-state index contributed by atoms with van der Waals surface area (Å²) in [6.45, 7) is 0.115. The van der Waals surface area contributed by atoms with Crippen molar-refractivity contribution in [3.05, 3.63) is 28.8 Å². The number of rotatable bonds is 5. The van der Waals surface area contributed by atoms with Crippen molar-refractivity contribution in [2.75, 3.05) is 18.6 Å². The molecule has 0 saturated heterocycles. The lowest BCUT2D eigenvalue weighted by Gasteiger charge is -2.09. The molecule has 0 spiro atoms. The average Bonchev–Trinajstić information content (AvgIpc) is 2.18. The highest BCUT2D eigenvalue weighted by Crippen LogP contribution is 2.24. The monoisotopic (exact) mass is 282 g/mol. The van der Waals surface area contributed by atoms with E-state index in [9.17, 15) is 8.42 Å². The first-order valence-corrected chi connectivity index (χ1v) is 7.54. The van der Waals surface area contributed by atoms with Gasteiger partial charge in [0.1, 0.15) is 12.4 Å². The molecule has 0 unspecified atom stereocenters. The van der Waals surface area contributed by atoms with E-state index in [0.29, 0.717) is 10.8 Å². The number of hydrogen-bond donors (Lipinski definition) is 0. The molecule has 90 valence electrons. The van der Waals surface area contributed by atoms with E-state index < -0.39 is 9.84 Å². The minimum absolute atomic E-state index is 0.0165. The Labute approximate surface area is 105 Å². The van der Waals surface area contributed by atoms with Crippen LogP contribution in [0.3, 0.4) is 0 Å². The quantitative estimate of drug-likeness (QED) is 0.780. The molecular weight excluding hydrogens is 271 g/mol. The van der Waals surface area contributed by atoms with Crippen molar-refractivity contribution in [3.63, 3.8) is 0 Å². The van der Waals surface area contributed by atoms with E-state index in [1.54, 1.807) is 18.2 Å². The van der Waals surface area contributed by atoms with Crippen LogP contribution in [0, 0.1) is 0 Å². The summed E-state index contributed by atoms with van der Waals surface area (Å²) in [6.07, 6.45) is 1.17. The molecule has 0 atom stereocenters. The van der Waals surface area contributed by atoms with Gasteiger partial charge in [-0.2, -0.15) is 0 Å². The number of alkyl halides is 1. The van der Waals surface area contributed by atoms with Gasteiger partial charge in [-0.05, 0) is 18.2 Å². The Morgan fingerprint density at radius 3 is 2.62 bits per heavy atom. The van der Waals surface area contributed by atoms with Crippen molar-refractivity contribution in [1.29, 1.82) is 0 Å². The molecule has 0 aromatic heterocycles. The SMILES string of the molecule is CS(=O)(=O)CCOc1ccc(Cl)cc1CCl. The Morgan fingerprint density at radius 1 is 1.38 bits per heavy atom. The summed E-state index contributed by atoms with van der Waals surface area (Å²) < 4.78 is 27.1. The van der Waals surface area contributed by atoms with Crippen molar-refractivity contribution >= 4 is 33.0 Å². The maximum atomic E-state index is 10.9. The van der Waals surface area contributed by atoms with Gasteiger partial charge in [-0.25, -0.2) is 8.42 Å². The van der Waals surface area contributed by atoms with Gasteiger partial charge < -0.3 is 4.74 Å². The lowest BCUT2D eigenvalue weighted by Crippen LogP contribution is -2.12. The largest absolute Gasteiger partial charge is 0.492 e. The van der Waals surface area contributed by atoms with Crippen molar-refractivity contribution < 1.29 is 13.2 Å². The number of sulfone groups is 1. The topological polar surface area (TPSA) is 43.4 Å². The molecule has 1 rings (SSSR count). The zero-order valence-electron chi connectivity index (χ0n) is 8.74. The number of hydrogen-bond acceptors (Lipinski definition) is 3. The minimum Gasteiger partial charge on any atom is -0.492 e. The predicted octanol–water partition coefficient (Wildman–Crippen LogP) is 2.50. The van der Waals surface area contributed by atoms with Crippen LogP contribution in [-0.2, 0) is 15.7 Å². The smallest absolute Gasteiger partial charge is 0.150 e. The molecule has 0 amide bonds. The van der Waals surface area contributed by atoms with Gasteiger partial charge in [-0.3, -0.25) is 0 Å². The summed E-state index contributed by atoms with van der Waals surface area (Å²) in [7, 11) is -3.01. The third-order valence-corrected chi connectivity index (χ3v) is 3.31. The number of ether oxygens (including phenoxy) is 1. The van der Waals surface area contributed by atoms with E-state index in [1.165, 1.54) is 6.26 Å². The summed E-state index contributed by atoms with van der Waals surface area (Å²) in [6, 6.07) is 5.06. The Kier molecular flexibility index (Phi) is 4.89. The van der Waals surface area contributed by atoms with Crippen molar-refractivity contribution in [1.82, 2.24) is 0 Å². The first-order chi connectivity index (χ1) is 7.42. The molecule has 0 heterocycles. The van der Waals surface area contributed by atoms with E-state index in [1.807, 2.05) is 0 Å². The second-order valence-corrected chi connectivity index (χ2v) is 6.33. The van der Waals surface area contributed by atoms with E-state index >= 15 is 0 Å². The molecule has 1 aromatic carbocycles. The number of halogens is 2. The average molecular weight is 283 g/mol. The molecule has 16 heavy (non-hydrogen) atoms. The normalized spacial score (nSPS) is 11.4. The Bertz CT molecular complexity index is 457. The summed E-state index contributed by atoms with van der Waals surface area (Å²) in [5.74, 6) is 0.828. The van der Waals surface area contributed by atoms with Gasteiger partial charge in [0, 0.05) is 16.8 Å². The summed E-state index contributed by atoms with van der Waals surface area (Å²) in [5, 5.41) is 0.575. The van der Waals surface area contributed by atoms with E-state index in [4.69, 9.17) is 27.9 Å². The van der Waals surface area contributed by atoms with Crippen LogP contribution in [0.5, 0.6) is 5.75 Å². The van der Waals surface area contributed by atoms with Crippen LogP contribution in [0.15, 0.2) is 18.2 Å². The van der Waals surface area contributed by atoms with Crippen molar-refractivity contribution in [2.45, 2.75) is 5.88 Å². The minimum atomic E-state index is -3.01. The highest BCUT2D eigenvalue weighted by Gasteiger charge is 2.06. The molecule has 0 saturated carbocycles. The van der Waals surface area contributed by atoms with Gasteiger partial charge in [0.15, 0.2) is 9.84 Å². The molecule has 1 aromatic rings. The fourth-order valence-electron chi connectivity index (χ4n) is 1.10. The first kappa shape index (κ1) is 13.6. The Morgan fingerprint density at radius 2 is 2.06 bits per heavy atom. The van der Waals surface area contributed by atoms with Crippen LogP contribution < -0.4 is 4.74 Å². The van der Waals surface area contributed by atoms with Crippen molar-refractivity contribution in [3.8, 4) is 5.75 Å². The summed E-state index contributed by atoms with van der Waals surface area (Å²) in [5.41, 5.74) is 0.752. The van der Waals surface area contributed by atoms with Crippen LogP contribution in [0.2, 0.25) is 5.02 Å². The van der Waals surface area contributed by atoms with Gasteiger partial charge in [0.2, 0.25) is 0 Å². The molecular formula is C10H12Cl2O3S. The number of benzene rings is 1. The standard InChI is InChI=1S/C10H12Cl2O3S/c1-16(13,14)5-4-15-10-3-2-9(12)6-8(10)7-11/h2-3,6H,4-5,7H2,1H3. The van der Waals surface area contributed by atoms with E-state index in [0.717, 1.165) is 5.56 Å². The van der Waals surface area contributed by atoms with Crippen molar-refractivity contribution in [2.24, 2.45) is 0 Å². The maximum Gasteiger partial charge on any atom is 0.150 e. The van der Waals surface area contributed by atoms with Crippen LogP contribution >= 0.6 is 23.2 Å². The Hall–Kier alpha value is -0.450. The zero-order chi connectivity index (χ0) is 12.2. The van der Waals surface area contributed by atoms with Gasteiger partial charge in [-0.1, -0.05) is 11.6 Å². The predicted molar refractivity (Wildman–Crippen MR) is 66.2 cm³/mol. The molecule has 0 aliphatic carbocycles. The maximum absolute atomic E-state index is 10.9. The van der Waals surface area contributed by atoms with Crippen LogP contribution in [0.1, 0.15) is 5.56 Å². The molecule has 0 radical (unpaired) electrons. The van der Waals surface area contributed by atoms with E-state index in [2.05, 4.69) is 0 Å². The van der Waals surface area contributed by atoms with Gasteiger partial charge in [0.25, 0.3) is 0 Å². The fraction of sp³-hybridized carbons (Fsp3) is 0.400. The first-order valence-electron chi connectivity index (χ1n) is 4.57. The van der Waals surface area contributed by atoms with Gasteiger partial charge >= 0.3 is 0 Å². The van der Waals surface area contributed by atoms with Crippen LogP contribution in [0.4, 0.5) is 0 Å². The fourth-order valence-corrected chi connectivity index (χ4v) is 1.89. The second kappa shape index (κ2) is 5.75. The third kappa shape index (κ3) is 4.60. The zero-order valence-corrected chi connectivity index (χ0v) is 11.1. The highest BCUT2D eigenvalue weighted by atomic mass is 35.5. The lowest BCUT2D eigenvalue weighted by atomic mass is 10.2. The Balaban J connectivity index is 2.67. The van der Waals surface area contributed by atoms with Crippen LogP contribution in [0.25, 0.3) is 0 Å². The molecule has 0 aliphatic heterocycles. The third-order valence-electron chi connectivity index (χ3n) is 1.88. The summed E-state index contributed by atoms with van der Waals surface area (Å²) in [4.78, 5) is 0. The second-order valence-electron chi connectivity index (χ2n) is 3.36. The van der Waals surface area contributed by atoms with Gasteiger partial charge in [0.05, 0.1) is 11.6 Å².